The molecule has 1 heterocycles. The van der Waals surface area contributed by atoms with Crippen LogP contribution >= 0.6 is 34.5 Å². The molecule has 0 aliphatic carbocycles. The molecular formula is C11H8Cl2FNS. The van der Waals surface area contributed by atoms with Crippen molar-refractivity contribution in [3.05, 3.63) is 55.9 Å². The fraction of sp³-hybridized carbons (Fsp3) is 0.0909. The van der Waals surface area contributed by atoms with Crippen molar-refractivity contribution in [1.29, 1.82) is 0 Å². The molecule has 2 rings (SSSR count). The summed E-state index contributed by atoms with van der Waals surface area (Å²) in [6.07, 6.45) is 0. The molecule has 1 aromatic carbocycles. The van der Waals surface area contributed by atoms with Gasteiger partial charge in [0.15, 0.2) is 0 Å². The lowest BCUT2D eigenvalue weighted by molar-refractivity contribution is 0.601. The first-order valence-electron chi connectivity index (χ1n) is 4.54. The number of halogens is 3. The predicted molar refractivity (Wildman–Crippen MR) is 66.8 cm³/mol. The van der Waals surface area contributed by atoms with Gasteiger partial charge in [0, 0.05) is 10.4 Å². The highest BCUT2D eigenvalue weighted by Crippen LogP contribution is 2.32. The van der Waals surface area contributed by atoms with Crippen molar-refractivity contribution in [3.63, 3.8) is 0 Å². The molecule has 0 aliphatic rings. The van der Waals surface area contributed by atoms with E-state index in [2.05, 4.69) is 0 Å². The molecule has 2 N–H and O–H groups in total. The molecule has 5 heteroatoms. The minimum absolute atomic E-state index is 0.0793. The van der Waals surface area contributed by atoms with Crippen LogP contribution in [0.4, 0.5) is 4.39 Å². The smallest absolute Gasteiger partial charge is 0.146 e. The van der Waals surface area contributed by atoms with E-state index in [-0.39, 0.29) is 5.02 Å². The van der Waals surface area contributed by atoms with E-state index < -0.39 is 11.9 Å². The van der Waals surface area contributed by atoms with Gasteiger partial charge in [0.2, 0.25) is 0 Å². The SMILES string of the molecule is NC(c1ccc(Cl)s1)c1cccc(Cl)c1F. The Hall–Kier alpha value is -0.610. The lowest BCUT2D eigenvalue weighted by Crippen LogP contribution is -2.12. The summed E-state index contributed by atoms with van der Waals surface area (Å²) in [7, 11) is 0. The van der Waals surface area contributed by atoms with Gasteiger partial charge in [-0.2, -0.15) is 0 Å². The second kappa shape index (κ2) is 4.72. The van der Waals surface area contributed by atoms with Crippen LogP contribution in [0.1, 0.15) is 16.5 Å². The second-order valence-corrected chi connectivity index (χ2v) is 5.42. The van der Waals surface area contributed by atoms with Crippen molar-refractivity contribution in [2.75, 3.05) is 0 Å². The summed E-state index contributed by atoms with van der Waals surface area (Å²) in [5.74, 6) is -0.471. The molecule has 16 heavy (non-hydrogen) atoms. The summed E-state index contributed by atoms with van der Waals surface area (Å²) >= 11 is 12.8. The van der Waals surface area contributed by atoms with E-state index in [1.807, 2.05) is 0 Å². The van der Waals surface area contributed by atoms with Crippen molar-refractivity contribution in [2.24, 2.45) is 5.73 Å². The van der Waals surface area contributed by atoms with Crippen molar-refractivity contribution >= 4 is 34.5 Å². The zero-order valence-corrected chi connectivity index (χ0v) is 10.4. The minimum Gasteiger partial charge on any atom is -0.320 e. The summed E-state index contributed by atoms with van der Waals surface area (Å²) in [4.78, 5) is 0.811. The standard InChI is InChI=1S/C11H8Cl2FNS/c12-7-3-1-2-6(10(7)14)11(15)8-4-5-9(13)16-8/h1-5,11H,15H2. The van der Waals surface area contributed by atoms with Gasteiger partial charge in [0.05, 0.1) is 15.4 Å². The number of benzene rings is 1. The third-order valence-electron chi connectivity index (χ3n) is 2.22. The zero-order chi connectivity index (χ0) is 11.7. The fourth-order valence-corrected chi connectivity index (χ4v) is 2.67. The highest BCUT2D eigenvalue weighted by Gasteiger charge is 2.16. The van der Waals surface area contributed by atoms with E-state index in [0.29, 0.717) is 9.90 Å². The molecule has 0 amide bonds. The van der Waals surface area contributed by atoms with E-state index in [0.717, 1.165) is 4.88 Å². The molecule has 0 bridgehead atoms. The number of hydrogen-bond acceptors (Lipinski definition) is 2. The van der Waals surface area contributed by atoms with Gasteiger partial charge in [-0.1, -0.05) is 35.3 Å². The number of nitrogens with two attached hydrogens (primary N) is 1. The maximum atomic E-state index is 13.7. The van der Waals surface area contributed by atoms with E-state index >= 15 is 0 Å². The van der Waals surface area contributed by atoms with Gasteiger partial charge in [0.1, 0.15) is 5.82 Å². The number of hydrogen-bond donors (Lipinski definition) is 1. The molecule has 1 unspecified atom stereocenters. The molecule has 0 aliphatic heterocycles. The fourth-order valence-electron chi connectivity index (χ4n) is 1.41. The maximum absolute atomic E-state index is 13.7. The topological polar surface area (TPSA) is 26.0 Å². The van der Waals surface area contributed by atoms with Crippen LogP contribution in [0.15, 0.2) is 30.3 Å². The Morgan fingerprint density at radius 1 is 1.19 bits per heavy atom. The Morgan fingerprint density at radius 3 is 2.56 bits per heavy atom. The number of thiophene rings is 1. The Kier molecular flexibility index (Phi) is 3.50. The molecule has 1 nitrogen and oxygen atoms in total. The molecule has 0 radical (unpaired) electrons. The highest BCUT2D eigenvalue weighted by atomic mass is 35.5. The normalized spacial score (nSPS) is 12.8. The zero-order valence-electron chi connectivity index (χ0n) is 8.08. The van der Waals surface area contributed by atoms with E-state index in [9.17, 15) is 4.39 Å². The van der Waals surface area contributed by atoms with Gasteiger partial charge in [-0.05, 0) is 18.2 Å². The third-order valence-corrected chi connectivity index (χ3v) is 3.82. The second-order valence-electron chi connectivity index (χ2n) is 3.26. The lowest BCUT2D eigenvalue weighted by atomic mass is 10.1. The quantitative estimate of drug-likeness (QED) is 0.872. The van der Waals surface area contributed by atoms with Gasteiger partial charge in [-0.15, -0.1) is 11.3 Å². The monoisotopic (exact) mass is 275 g/mol. The molecule has 0 spiro atoms. The van der Waals surface area contributed by atoms with Crippen LogP contribution in [0.3, 0.4) is 0 Å². The van der Waals surface area contributed by atoms with E-state index in [1.54, 1.807) is 24.3 Å². The molecule has 2 aromatic rings. The molecule has 1 atom stereocenters. The third kappa shape index (κ3) is 2.23. The molecule has 0 saturated carbocycles. The molecule has 0 saturated heterocycles. The Bertz CT molecular complexity index is 512. The van der Waals surface area contributed by atoms with Crippen LogP contribution in [0.2, 0.25) is 9.36 Å². The van der Waals surface area contributed by atoms with Crippen LogP contribution in [0.5, 0.6) is 0 Å². The van der Waals surface area contributed by atoms with Gasteiger partial charge < -0.3 is 5.73 Å². The first-order chi connectivity index (χ1) is 7.59. The Labute approximate surface area is 107 Å². The van der Waals surface area contributed by atoms with Crippen LogP contribution in [-0.4, -0.2) is 0 Å². The van der Waals surface area contributed by atoms with Gasteiger partial charge >= 0.3 is 0 Å². The van der Waals surface area contributed by atoms with Crippen LogP contribution in [0.25, 0.3) is 0 Å². The van der Waals surface area contributed by atoms with Crippen LogP contribution in [0, 0.1) is 5.82 Å². The summed E-state index contributed by atoms with van der Waals surface area (Å²) in [6.45, 7) is 0. The summed E-state index contributed by atoms with van der Waals surface area (Å²) < 4.78 is 14.3. The molecule has 1 aromatic heterocycles. The molecular weight excluding hydrogens is 268 g/mol. The van der Waals surface area contributed by atoms with Crippen molar-refractivity contribution in [1.82, 2.24) is 0 Å². The van der Waals surface area contributed by atoms with Crippen LogP contribution in [-0.2, 0) is 0 Å². The number of rotatable bonds is 2. The van der Waals surface area contributed by atoms with E-state index in [4.69, 9.17) is 28.9 Å². The van der Waals surface area contributed by atoms with Gasteiger partial charge in [-0.25, -0.2) is 4.39 Å². The van der Waals surface area contributed by atoms with Crippen LogP contribution < -0.4 is 5.73 Å². The average Bonchev–Trinajstić information content (AvgIpc) is 2.68. The summed E-state index contributed by atoms with van der Waals surface area (Å²) in [6, 6.07) is 7.79. The lowest BCUT2D eigenvalue weighted by Gasteiger charge is -2.11. The first-order valence-corrected chi connectivity index (χ1v) is 6.11. The molecule has 0 fully saturated rings. The van der Waals surface area contributed by atoms with E-state index in [1.165, 1.54) is 17.4 Å². The first kappa shape index (κ1) is 11.9. The van der Waals surface area contributed by atoms with Gasteiger partial charge in [-0.3, -0.25) is 0 Å². The molecule has 84 valence electrons. The Balaban J connectivity index is 2.41. The summed E-state index contributed by atoms with van der Waals surface area (Å²) in [5.41, 5.74) is 6.33. The average molecular weight is 276 g/mol. The minimum atomic E-state index is -0.531. The maximum Gasteiger partial charge on any atom is 0.146 e. The Morgan fingerprint density at radius 2 is 1.94 bits per heavy atom. The highest BCUT2D eigenvalue weighted by molar-refractivity contribution is 7.16. The predicted octanol–water partition coefficient (Wildman–Crippen LogP) is 4.24. The summed E-state index contributed by atoms with van der Waals surface area (Å²) in [5, 5.41) is 0.0793. The van der Waals surface area contributed by atoms with Crippen molar-refractivity contribution < 1.29 is 4.39 Å². The van der Waals surface area contributed by atoms with Gasteiger partial charge in [0.25, 0.3) is 0 Å². The van der Waals surface area contributed by atoms with Crippen molar-refractivity contribution in [3.8, 4) is 0 Å². The van der Waals surface area contributed by atoms with Crippen molar-refractivity contribution in [2.45, 2.75) is 6.04 Å². The largest absolute Gasteiger partial charge is 0.320 e.